The lowest BCUT2D eigenvalue weighted by Crippen LogP contribution is -2.34. The Morgan fingerprint density at radius 3 is 1.81 bits per heavy atom. The maximum absolute atomic E-state index is 11.3. The lowest BCUT2D eigenvalue weighted by Gasteiger charge is -2.09. The fourth-order valence-electron chi connectivity index (χ4n) is 1.60. The maximum atomic E-state index is 11.3. The van der Waals surface area contributed by atoms with E-state index in [1.165, 1.54) is 11.1 Å². The summed E-state index contributed by atoms with van der Waals surface area (Å²) in [4.78, 5) is 11.3. The molecule has 0 fully saturated rings. The third-order valence-electron chi connectivity index (χ3n) is 2.67. The quantitative estimate of drug-likeness (QED) is 0.836. The van der Waals surface area contributed by atoms with E-state index in [1.54, 1.807) is 0 Å². The van der Waals surface area contributed by atoms with Gasteiger partial charge in [0.05, 0.1) is 0 Å². The molecule has 2 N–H and O–H groups in total. The maximum Gasteiger partial charge on any atom is 0.319 e. The highest BCUT2D eigenvalue weighted by atomic mass is 16.2. The van der Waals surface area contributed by atoms with E-state index in [0.717, 1.165) is 5.69 Å². The Balaban J connectivity index is 0.000000262. The minimum atomic E-state index is -0.163. The minimum Gasteiger partial charge on any atom is -0.336 e. The molecule has 21 heavy (non-hydrogen) atoms. The molecule has 0 aromatic heterocycles. The highest BCUT2D eigenvalue weighted by Gasteiger charge is 2.01. The van der Waals surface area contributed by atoms with E-state index in [2.05, 4.69) is 29.7 Å². The number of hydrogen-bond donors (Lipinski definition) is 2. The lowest BCUT2D eigenvalue weighted by atomic mass is 10.2. The molecule has 2 aromatic carbocycles. The van der Waals surface area contributed by atoms with Crippen LogP contribution in [0.3, 0.4) is 0 Å². The number of amides is 2. The Bertz CT molecular complexity index is 533. The van der Waals surface area contributed by atoms with Crippen LogP contribution in [0.5, 0.6) is 0 Å². The first-order valence-corrected chi connectivity index (χ1v) is 7.13. The fourth-order valence-corrected chi connectivity index (χ4v) is 1.60. The van der Waals surface area contributed by atoms with Gasteiger partial charge in [0.1, 0.15) is 0 Å². The summed E-state index contributed by atoms with van der Waals surface area (Å²) in [5, 5.41) is 5.51. The van der Waals surface area contributed by atoms with Gasteiger partial charge in [-0.05, 0) is 39.8 Å². The summed E-state index contributed by atoms with van der Waals surface area (Å²) >= 11 is 0. The van der Waals surface area contributed by atoms with Gasteiger partial charge in [-0.1, -0.05) is 53.6 Å². The Kier molecular flexibility index (Phi) is 7.02. The smallest absolute Gasteiger partial charge is 0.319 e. The van der Waals surface area contributed by atoms with Crippen molar-refractivity contribution >= 4 is 11.7 Å². The van der Waals surface area contributed by atoms with Gasteiger partial charge in [0.25, 0.3) is 0 Å². The summed E-state index contributed by atoms with van der Waals surface area (Å²) in [7, 11) is 0. The molecule has 0 radical (unpaired) electrons. The Hall–Kier alpha value is -2.29. The Morgan fingerprint density at radius 2 is 1.38 bits per heavy atom. The average Bonchev–Trinajstić information content (AvgIpc) is 2.42. The number of benzene rings is 2. The van der Waals surface area contributed by atoms with E-state index in [9.17, 15) is 4.79 Å². The van der Waals surface area contributed by atoms with Crippen molar-refractivity contribution in [1.82, 2.24) is 5.32 Å². The van der Waals surface area contributed by atoms with Crippen LogP contribution in [-0.2, 0) is 0 Å². The highest BCUT2D eigenvalue weighted by Crippen LogP contribution is 2.07. The van der Waals surface area contributed by atoms with Crippen LogP contribution in [0.1, 0.15) is 25.0 Å². The average molecular weight is 284 g/mol. The zero-order valence-corrected chi connectivity index (χ0v) is 13.2. The van der Waals surface area contributed by atoms with Crippen LogP contribution < -0.4 is 10.6 Å². The number of urea groups is 1. The predicted molar refractivity (Wildman–Crippen MR) is 89.6 cm³/mol. The van der Waals surface area contributed by atoms with E-state index in [0.29, 0.717) is 0 Å². The number of rotatable bonds is 2. The summed E-state index contributed by atoms with van der Waals surface area (Å²) < 4.78 is 0. The van der Waals surface area contributed by atoms with Gasteiger partial charge < -0.3 is 10.6 Å². The molecule has 0 aliphatic heterocycles. The molecule has 3 nitrogen and oxygen atoms in total. The zero-order chi connectivity index (χ0) is 15.7. The Labute approximate surface area is 127 Å². The predicted octanol–water partition coefficient (Wildman–Crippen LogP) is 4.52. The molecule has 0 saturated heterocycles. The lowest BCUT2D eigenvalue weighted by molar-refractivity contribution is 0.250. The fraction of sp³-hybridized carbons (Fsp3) is 0.278. The van der Waals surface area contributed by atoms with Gasteiger partial charge in [-0.25, -0.2) is 4.79 Å². The molecule has 2 aromatic rings. The van der Waals surface area contributed by atoms with Crippen LogP contribution >= 0.6 is 0 Å². The minimum absolute atomic E-state index is 0.153. The monoisotopic (exact) mass is 284 g/mol. The van der Waals surface area contributed by atoms with Crippen LogP contribution in [0.25, 0.3) is 0 Å². The molecule has 3 heteroatoms. The summed E-state index contributed by atoms with van der Waals surface area (Å²) in [6.07, 6.45) is 0. The topological polar surface area (TPSA) is 41.1 Å². The molecule has 0 spiro atoms. The van der Waals surface area contributed by atoms with Crippen LogP contribution in [-0.4, -0.2) is 12.1 Å². The van der Waals surface area contributed by atoms with Crippen molar-refractivity contribution in [2.24, 2.45) is 0 Å². The number of carbonyl (C=O) groups is 1. The van der Waals surface area contributed by atoms with E-state index >= 15 is 0 Å². The van der Waals surface area contributed by atoms with Crippen molar-refractivity contribution in [2.75, 3.05) is 5.32 Å². The molecule has 2 rings (SSSR count). The van der Waals surface area contributed by atoms with Crippen molar-refractivity contribution in [3.8, 4) is 0 Å². The molecule has 0 aliphatic carbocycles. The third-order valence-corrected chi connectivity index (χ3v) is 2.67. The Morgan fingerprint density at radius 1 is 0.857 bits per heavy atom. The van der Waals surface area contributed by atoms with Gasteiger partial charge in [0, 0.05) is 11.7 Å². The molecule has 0 atom stereocenters. The molecular formula is C18H24N2O. The molecule has 2 amide bonds. The van der Waals surface area contributed by atoms with Gasteiger partial charge in [-0.3, -0.25) is 0 Å². The SMILES string of the molecule is Cc1ccc(NC(=O)NC(C)C)cc1.Cc1ccccc1. The second kappa shape index (κ2) is 8.80. The van der Waals surface area contributed by atoms with E-state index in [4.69, 9.17) is 0 Å². The molecular weight excluding hydrogens is 260 g/mol. The summed E-state index contributed by atoms with van der Waals surface area (Å²) in [5.41, 5.74) is 3.32. The van der Waals surface area contributed by atoms with Gasteiger partial charge in [-0.15, -0.1) is 0 Å². The first-order chi connectivity index (χ1) is 9.97. The molecule has 0 saturated carbocycles. The van der Waals surface area contributed by atoms with Crippen molar-refractivity contribution in [3.05, 3.63) is 65.7 Å². The number of anilines is 1. The van der Waals surface area contributed by atoms with Gasteiger partial charge in [-0.2, -0.15) is 0 Å². The first-order valence-electron chi connectivity index (χ1n) is 7.13. The molecule has 0 heterocycles. The van der Waals surface area contributed by atoms with Crippen LogP contribution in [0, 0.1) is 13.8 Å². The van der Waals surface area contributed by atoms with Crippen molar-refractivity contribution in [3.63, 3.8) is 0 Å². The number of nitrogens with one attached hydrogen (secondary N) is 2. The molecule has 0 unspecified atom stereocenters. The number of carbonyl (C=O) groups excluding carboxylic acids is 1. The first kappa shape index (κ1) is 16.8. The van der Waals surface area contributed by atoms with Gasteiger partial charge in [0.2, 0.25) is 0 Å². The van der Waals surface area contributed by atoms with E-state index < -0.39 is 0 Å². The second-order valence-corrected chi connectivity index (χ2v) is 5.27. The highest BCUT2D eigenvalue weighted by molar-refractivity contribution is 5.89. The summed E-state index contributed by atoms with van der Waals surface area (Å²) in [5.74, 6) is 0. The summed E-state index contributed by atoms with van der Waals surface area (Å²) in [6, 6.07) is 17.9. The van der Waals surface area contributed by atoms with Crippen LogP contribution in [0.15, 0.2) is 54.6 Å². The standard InChI is InChI=1S/C11H16N2O.C7H8/c1-8(2)12-11(14)13-10-6-4-9(3)5-7-10;1-7-5-3-2-4-6-7/h4-8H,1-3H3,(H2,12,13,14);2-6H,1H3. The number of hydrogen-bond acceptors (Lipinski definition) is 1. The van der Waals surface area contributed by atoms with Crippen molar-refractivity contribution < 1.29 is 4.79 Å². The number of aryl methyl sites for hydroxylation is 2. The van der Waals surface area contributed by atoms with E-state index in [-0.39, 0.29) is 12.1 Å². The third kappa shape index (κ3) is 7.78. The molecule has 0 aliphatic rings. The van der Waals surface area contributed by atoms with Crippen molar-refractivity contribution in [1.29, 1.82) is 0 Å². The van der Waals surface area contributed by atoms with Gasteiger partial charge >= 0.3 is 6.03 Å². The van der Waals surface area contributed by atoms with Gasteiger partial charge in [0.15, 0.2) is 0 Å². The van der Waals surface area contributed by atoms with Crippen molar-refractivity contribution in [2.45, 2.75) is 33.7 Å². The van der Waals surface area contributed by atoms with Crippen LogP contribution in [0.4, 0.5) is 10.5 Å². The zero-order valence-electron chi connectivity index (χ0n) is 13.2. The normalized spacial score (nSPS) is 9.57. The van der Waals surface area contributed by atoms with Crippen LogP contribution in [0.2, 0.25) is 0 Å². The molecule has 0 bridgehead atoms. The molecule has 112 valence electrons. The summed E-state index contributed by atoms with van der Waals surface area (Å²) in [6.45, 7) is 7.95. The largest absolute Gasteiger partial charge is 0.336 e. The van der Waals surface area contributed by atoms with E-state index in [1.807, 2.05) is 63.2 Å². The second-order valence-electron chi connectivity index (χ2n) is 5.27.